The molecule has 1 fully saturated rings. The van der Waals surface area contributed by atoms with Crippen LogP contribution in [0.5, 0.6) is 0 Å². The first-order chi connectivity index (χ1) is 9.61. The Hall–Kier alpha value is -1.55. The van der Waals surface area contributed by atoms with E-state index in [2.05, 4.69) is 12.2 Å². The van der Waals surface area contributed by atoms with Crippen molar-refractivity contribution in [3.63, 3.8) is 0 Å². The van der Waals surface area contributed by atoms with Gasteiger partial charge in [-0.15, -0.1) is 11.3 Å². The zero-order chi connectivity index (χ0) is 14.1. The Morgan fingerprint density at radius 3 is 3.00 bits per heavy atom. The molecule has 106 valence electrons. The minimum Gasteiger partial charge on any atom is -0.399 e. The van der Waals surface area contributed by atoms with Gasteiger partial charge < -0.3 is 11.1 Å². The van der Waals surface area contributed by atoms with E-state index in [-0.39, 0.29) is 5.91 Å². The van der Waals surface area contributed by atoms with Crippen LogP contribution in [-0.4, -0.2) is 12.5 Å². The summed E-state index contributed by atoms with van der Waals surface area (Å²) in [5.74, 6) is 1.51. The second-order valence-corrected chi connectivity index (χ2v) is 6.99. The van der Waals surface area contributed by atoms with Gasteiger partial charge in [-0.1, -0.05) is 13.3 Å². The van der Waals surface area contributed by atoms with Gasteiger partial charge in [0.1, 0.15) is 0 Å². The van der Waals surface area contributed by atoms with Gasteiger partial charge in [0.05, 0.1) is 4.88 Å². The van der Waals surface area contributed by atoms with Gasteiger partial charge in [0.25, 0.3) is 5.91 Å². The lowest BCUT2D eigenvalue weighted by atomic mass is 10.1. The fourth-order valence-electron chi connectivity index (χ4n) is 3.01. The lowest BCUT2D eigenvalue weighted by Gasteiger charge is -2.10. The number of anilines is 1. The molecule has 2 unspecified atom stereocenters. The molecule has 0 aliphatic heterocycles. The first-order valence-corrected chi connectivity index (χ1v) is 8.01. The first kappa shape index (κ1) is 13.4. The molecule has 1 heterocycles. The van der Waals surface area contributed by atoms with Crippen LogP contribution in [0.4, 0.5) is 5.69 Å². The number of rotatable bonds is 3. The van der Waals surface area contributed by atoms with E-state index in [1.807, 2.05) is 24.3 Å². The number of nitrogen functional groups attached to an aromatic ring is 1. The van der Waals surface area contributed by atoms with Crippen LogP contribution in [0.2, 0.25) is 0 Å². The van der Waals surface area contributed by atoms with E-state index in [4.69, 9.17) is 5.73 Å². The van der Waals surface area contributed by atoms with Crippen molar-refractivity contribution in [3.8, 4) is 0 Å². The number of hydrogen-bond acceptors (Lipinski definition) is 3. The van der Waals surface area contributed by atoms with Crippen molar-refractivity contribution in [1.29, 1.82) is 0 Å². The molecule has 4 heteroatoms. The van der Waals surface area contributed by atoms with Crippen molar-refractivity contribution in [3.05, 3.63) is 29.1 Å². The summed E-state index contributed by atoms with van der Waals surface area (Å²) >= 11 is 1.53. The molecule has 0 spiro atoms. The molecule has 0 bridgehead atoms. The van der Waals surface area contributed by atoms with Crippen LogP contribution in [-0.2, 0) is 0 Å². The second-order valence-electron chi connectivity index (χ2n) is 5.90. The molecule has 1 saturated carbocycles. The molecule has 3 nitrogen and oxygen atoms in total. The Labute approximate surface area is 123 Å². The molecule has 1 aromatic carbocycles. The largest absolute Gasteiger partial charge is 0.399 e. The van der Waals surface area contributed by atoms with E-state index in [1.54, 1.807) is 0 Å². The third-order valence-corrected chi connectivity index (χ3v) is 5.23. The fourth-order valence-corrected chi connectivity index (χ4v) is 3.97. The fraction of sp³-hybridized carbons (Fsp3) is 0.438. The van der Waals surface area contributed by atoms with Crippen LogP contribution < -0.4 is 11.1 Å². The summed E-state index contributed by atoms with van der Waals surface area (Å²) in [5.41, 5.74) is 6.51. The maximum absolute atomic E-state index is 12.2. The molecule has 1 aliphatic rings. The number of hydrogen-bond donors (Lipinski definition) is 2. The normalized spacial score (nSPS) is 22.2. The summed E-state index contributed by atoms with van der Waals surface area (Å²) in [6.07, 6.45) is 3.77. The number of fused-ring (bicyclic) bond motifs is 1. The van der Waals surface area contributed by atoms with Crippen molar-refractivity contribution >= 4 is 33.0 Å². The highest BCUT2D eigenvalue weighted by molar-refractivity contribution is 7.20. The molecule has 3 N–H and O–H groups in total. The number of carbonyl (C=O) groups is 1. The predicted molar refractivity (Wildman–Crippen MR) is 85.1 cm³/mol. The van der Waals surface area contributed by atoms with Crippen LogP contribution in [0.15, 0.2) is 24.3 Å². The van der Waals surface area contributed by atoms with Crippen LogP contribution in [0.3, 0.4) is 0 Å². The summed E-state index contributed by atoms with van der Waals surface area (Å²) in [7, 11) is 0. The van der Waals surface area contributed by atoms with Gasteiger partial charge in [0.2, 0.25) is 0 Å². The summed E-state index contributed by atoms with van der Waals surface area (Å²) in [5, 5.41) is 4.13. The minimum atomic E-state index is 0.0457. The van der Waals surface area contributed by atoms with Gasteiger partial charge in [-0.2, -0.15) is 0 Å². The van der Waals surface area contributed by atoms with Crippen LogP contribution >= 0.6 is 11.3 Å². The smallest absolute Gasteiger partial charge is 0.261 e. The average molecular weight is 288 g/mol. The molecular weight excluding hydrogens is 268 g/mol. The Morgan fingerprint density at radius 2 is 2.25 bits per heavy atom. The third-order valence-electron chi connectivity index (χ3n) is 4.12. The summed E-state index contributed by atoms with van der Waals surface area (Å²) in [4.78, 5) is 13.0. The summed E-state index contributed by atoms with van der Waals surface area (Å²) in [6.45, 7) is 3.10. The van der Waals surface area contributed by atoms with Crippen molar-refractivity contribution in [1.82, 2.24) is 5.32 Å². The van der Waals surface area contributed by atoms with E-state index >= 15 is 0 Å². The van der Waals surface area contributed by atoms with Gasteiger partial charge in [0, 0.05) is 16.9 Å². The third kappa shape index (κ3) is 2.80. The van der Waals surface area contributed by atoms with Crippen molar-refractivity contribution < 1.29 is 4.79 Å². The summed E-state index contributed by atoms with van der Waals surface area (Å²) in [6, 6.07) is 7.70. The highest BCUT2D eigenvalue weighted by Crippen LogP contribution is 2.30. The molecule has 3 rings (SSSR count). The van der Waals surface area contributed by atoms with Gasteiger partial charge in [-0.25, -0.2) is 0 Å². The monoisotopic (exact) mass is 288 g/mol. The first-order valence-electron chi connectivity index (χ1n) is 7.19. The molecule has 0 saturated heterocycles. The Balaban J connectivity index is 1.66. The average Bonchev–Trinajstić information content (AvgIpc) is 3.01. The Bertz CT molecular complexity index is 634. The van der Waals surface area contributed by atoms with E-state index in [0.717, 1.165) is 33.1 Å². The number of nitrogens with two attached hydrogens (primary N) is 1. The Morgan fingerprint density at radius 1 is 1.40 bits per heavy atom. The van der Waals surface area contributed by atoms with Gasteiger partial charge >= 0.3 is 0 Å². The molecular formula is C16H20N2OS. The molecule has 1 aromatic heterocycles. The summed E-state index contributed by atoms with van der Waals surface area (Å²) < 4.78 is 1.11. The SMILES string of the molecule is CC1CCC(CNC(=O)c2cc3cc(N)ccc3s2)C1. The van der Waals surface area contributed by atoms with Crippen LogP contribution in [0.25, 0.3) is 10.1 Å². The van der Waals surface area contributed by atoms with Crippen molar-refractivity contribution in [2.45, 2.75) is 26.2 Å². The van der Waals surface area contributed by atoms with Gasteiger partial charge in [-0.3, -0.25) is 4.79 Å². The highest BCUT2D eigenvalue weighted by atomic mass is 32.1. The maximum Gasteiger partial charge on any atom is 0.261 e. The van der Waals surface area contributed by atoms with Crippen molar-refractivity contribution in [2.75, 3.05) is 12.3 Å². The standard InChI is InChI=1S/C16H20N2OS/c1-10-2-3-11(6-10)9-18-16(19)15-8-12-7-13(17)4-5-14(12)20-15/h4-5,7-8,10-11H,2-3,6,9,17H2,1H3,(H,18,19). The topological polar surface area (TPSA) is 55.1 Å². The van der Waals surface area contributed by atoms with Crippen LogP contribution in [0.1, 0.15) is 35.9 Å². The molecule has 20 heavy (non-hydrogen) atoms. The molecule has 0 radical (unpaired) electrons. The Kier molecular flexibility index (Phi) is 3.66. The molecule has 1 amide bonds. The quantitative estimate of drug-likeness (QED) is 0.847. The minimum absolute atomic E-state index is 0.0457. The molecule has 2 atom stereocenters. The van der Waals surface area contributed by atoms with Gasteiger partial charge in [-0.05, 0) is 54.3 Å². The number of nitrogens with one attached hydrogen (secondary N) is 1. The van der Waals surface area contributed by atoms with Crippen LogP contribution in [0, 0.1) is 11.8 Å². The number of benzene rings is 1. The maximum atomic E-state index is 12.2. The lowest BCUT2D eigenvalue weighted by molar-refractivity contribution is 0.0951. The highest BCUT2D eigenvalue weighted by Gasteiger charge is 2.22. The number of amides is 1. The zero-order valence-corrected chi connectivity index (χ0v) is 12.5. The van der Waals surface area contributed by atoms with E-state index in [9.17, 15) is 4.79 Å². The number of carbonyl (C=O) groups excluding carboxylic acids is 1. The molecule has 1 aliphatic carbocycles. The predicted octanol–water partition coefficient (Wildman–Crippen LogP) is 3.65. The van der Waals surface area contributed by atoms with E-state index < -0.39 is 0 Å². The van der Waals surface area contributed by atoms with Gasteiger partial charge in [0.15, 0.2) is 0 Å². The van der Waals surface area contributed by atoms with Crippen molar-refractivity contribution in [2.24, 2.45) is 11.8 Å². The van der Waals surface area contributed by atoms with E-state index in [0.29, 0.717) is 5.92 Å². The number of thiophene rings is 1. The van der Waals surface area contributed by atoms with E-state index in [1.165, 1.54) is 30.6 Å². The lowest BCUT2D eigenvalue weighted by Crippen LogP contribution is -2.27. The molecule has 2 aromatic rings. The zero-order valence-electron chi connectivity index (χ0n) is 11.7. The second kappa shape index (κ2) is 5.44.